The van der Waals surface area contributed by atoms with E-state index in [1.54, 1.807) is 16.7 Å². The van der Waals surface area contributed by atoms with Crippen molar-refractivity contribution in [3.8, 4) is 11.1 Å². The van der Waals surface area contributed by atoms with Gasteiger partial charge < -0.3 is 0 Å². The van der Waals surface area contributed by atoms with Gasteiger partial charge in [0.2, 0.25) is 0 Å². The topological polar surface area (TPSA) is 0 Å². The van der Waals surface area contributed by atoms with Crippen LogP contribution in [0.5, 0.6) is 0 Å². The van der Waals surface area contributed by atoms with Gasteiger partial charge >= 0.3 is 0 Å². The first-order valence-electron chi connectivity index (χ1n) is 10.6. The van der Waals surface area contributed by atoms with Crippen molar-refractivity contribution in [2.45, 2.75) is 39.0 Å². The van der Waals surface area contributed by atoms with Gasteiger partial charge in [-0.2, -0.15) is 0 Å². The summed E-state index contributed by atoms with van der Waals surface area (Å²) < 4.78 is 0. The number of fused-ring (bicyclic) bond motifs is 5. The fourth-order valence-corrected chi connectivity index (χ4v) is 5.50. The highest BCUT2D eigenvalue weighted by Gasteiger charge is 2.24. The molecule has 0 heterocycles. The summed E-state index contributed by atoms with van der Waals surface area (Å²) in [4.78, 5) is 0. The minimum absolute atomic E-state index is 1.15. The van der Waals surface area contributed by atoms with Crippen LogP contribution in [-0.2, 0) is 19.3 Å². The average Bonchev–Trinajstić information content (AvgIpc) is 3.12. The lowest BCUT2D eigenvalue weighted by molar-refractivity contribution is 0.681. The summed E-state index contributed by atoms with van der Waals surface area (Å²) >= 11 is 0. The quantitative estimate of drug-likeness (QED) is 0.308. The molecule has 0 N–H and O–H groups in total. The van der Waals surface area contributed by atoms with Crippen molar-refractivity contribution in [1.29, 1.82) is 0 Å². The smallest absolute Gasteiger partial charge is 0.00237 e. The van der Waals surface area contributed by atoms with Crippen molar-refractivity contribution in [3.05, 3.63) is 88.5 Å². The molecule has 0 saturated heterocycles. The van der Waals surface area contributed by atoms with E-state index in [-0.39, 0.29) is 0 Å². The monoisotopic (exact) mass is 360 g/mol. The van der Waals surface area contributed by atoms with Crippen molar-refractivity contribution in [3.63, 3.8) is 0 Å². The molecule has 0 unspecified atom stereocenters. The molecule has 0 atom stereocenters. The Bertz CT molecular complexity index is 1230. The Morgan fingerprint density at radius 1 is 0.679 bits per heavy atom. The minimum atomic E-state index is 1.15. The second-order valence-corrected chi connectivity index (χ2v) is 8.52. The van der Waals surface area contributed by atoms with Crippen LogP contribution in [0.25, 0.3) is 38.7 Å². The van der Waals surface area contributed by atoms with Gasteiger partial charge in [-0.05, 0) is 106 Å². The van der Waals surface area contributed by atoms with Crippen LogP contribution in [0.1, 0.15) is 42.0 Å². The van der Waals surface area contributed by atoms with Crippen LogP contribution in [0.4, 0.5) is 0 Å². The molecule has 136 valence electrons. The normalized spacial score (nSPS) is 15.5. The highest BCUT2D eigenvalue weighted by molar-refractivity contribution is 6.13. The summed E-state index contributed by atoms with van der Waals surface area (Å²) in [7, 11) is 0. The molecule has 0 amide bonds. The summed E-state index contributed by atoms with van der Waals surface area (Å²) in [6, 6.07) is 22.7. The van der Waals surface area contributed by atoms with Crippen molar-refractivity contribution < 1.29 is 0 Å². The van der Waals surface area contributed by atoms with Crippen molar-refractivity contribution in [1.82, 2.24) is 0 Å². The third kappa shape index (κ3) is 2.31. The zero-order valence-corrected chi connectivity index (χ0v) is 16.4. The summed E-state index contributed by atoms with van der Waals surface area (Å²) in [5, 5.41) is 5.45. The number of hydrogen-bond acceptors (Lipinski definition) is 0. The molecule has 2 aliphatic rings. The van der Waals surface area contributed by atoms with Gasteiger partial charge in [0.05, 0.1) is 0 Å². The Kier molecular flexibility index (Phi) is 3.50. The van der Waals surface area contributed by atoms with E-state index >= 15 is 0 Å². The Morgan fingerprint density at radius 3 is 2.04 bits per heavy atom. The van der Waals surface area contributed by atoms with E-state index in [0.717, 1.165) is 6.42 Å². The lowest BCUT2D eigenvalue weighted by atomic mass is 9.79. The molecular formula is C28H24. The molecule has 0 spiro atoms. The molecule has 0 aromatic heterocycles. The molecule has 0 nitrogen and oxygen atoms in total. The summed E-state index contributed by atoms with van der Waals surface area (Å²) in [6.45, 7) is 2.28. The lowest BCUT2D eigenvalue weighted by Crippen LogP contribution is -2.09. The maximum atomic E-state index is 2.50. The Morgan fingerprint density at radius 2 is 1.32 bits per heavy atom. The maximum Gasteiger partial charge on any atom is -0.00237 e. The van der Waals surface area contributed by atoms with Crippen LogP contribution >= 0.6 is 0 Å². The third-order valence-electron chi connectivity index (χ3n) is 6.70. The van der Waals surface area contributed by atoms with E-state index in [4.69, 9.17) is 0 Å². The predicted molar refractivity (Wildman–Crippen MR) is 121 cm³/mol. The van der Waals surface area contributed by atoms with Gasteiger partial charge in [-0.1, -0.05) is 60.2 Å². The van der Waals surface area contributed by atoms with Gasteiger partial charge in [-0.3, -0.25) is 0 Å². The molecule has 28 heavy (non-hydrogen) atoms. The molecule has 0 heteroatoms. The van der Waals surface area contributed by atoms with Crippen LogP contribution < -0.4 is 0 Å². The largest absolute Gasteiger partial charge is 0.0683 e. The first kappa shape index (κ1) is 16.1. The van der Waals surface area contributed by atoms with Gasteiger partial charge in [0.1, 0.15) is 0 Å². The van der Waals surface area contributed by atoms with Crippen molar-refractivity contribution >= 4 is 27.6 Å². The SMILES string of the molecule is CC1=Cc2cc(-c3c4ccccc4cc4ccccc34)c3c(c2C1)CCCC3. The van der Waals surface area contributed by atoms with E-state index in [1.165, 1.54) is 69.5 Å². The standard InChI is InChI=1S/C28H24/c1-18-14-21-17-27(25-13-7-6-12-24(25)26(21)15-18)28-22-10-4-2-8-19(22)16-20-9-3-5-11-23(20)28/h2-5,8-11,14,16-17H,6-7,12-13,15H2,1H3. The van der Waals surface area contributed by atoms with Gasteiger partial charge in [0, 0.05) is 0 Å². The Balaban J connectivity index is 1.78. The van der Waals surface area contributed by atoms with Gasteiger partial charge in [0.25, 0.3) is 0 Å². The van der Waals surface area contributed by atoms with Crippen LogP contribution in [0.2, 0.25) is 0 Å². The molecule has 4 aromatic carbocycles. The number of rotatable bonds is 1. The predicted octanol–water partition coefficient (Wildman–Crippen LogP) is 7.50. The summed E-state index contributed by atoms with van der Waals surface area (Å²) in [5.74, 6) is 0. The second kappa shape index (κ2) is 6.07. The molecule has 0 saturated carbocycles. The molecule has 0 radical (unpaired) electrons. The molecule has 0 aliphatic heterocycles. The average molecular weight is 361 g/mol. The zero-order chi connectivity index (χ0) is 18.7. The summed E-state index contributed by atoms with van der Waals surface area (Å²) in [5.41, 5.74) is 10.8. The molecule has 2 aliphatic carbocycles. The molecule has 6 rings (SSSR count). The Labute approximate surface area is 166 Å². The molecular weight excluding hydrogens is 336 g/mol. The molecule has 4 aromatic rings. The Hall–Kier alpha value is -2.86. The fraction of sp³-hybridized carbons (Fsp3) is 0.214. The number of hydrogen-bond donors (Lipinski definition) is 0. The second-order valence-electron chi connectivity index (χ2n) is 8.52. The van der Waals surface area contributed by atoms with E-state index in [0.29, 0.717) is 0 Å². The number of benzene rings is 4. The highest BCUT2D eigenvalue weighted by Crippen LogP contribution is 2.44. The van der Waals surface area contributed by atoms with E-state index < -0.39 is 0 Å². The first-order valence-corrected chi connectivity index (χ1v) is 10.6. The fourth-order valence-electron chi connectivity index (χ4n) is 5.50. The van der Waals surface area contributed by atoms with Crippen LogP contribution in [0.15, 0.2) is 66.2 Å². The third-order valence-corrected chi connectivity index (χ3v) is 6.70. The first-order chi connectivity index (χ1) is 13.8. The van der Waals surface area contributed by atoms with Gasteiger partial charge in [-0.25, -0.2) is 0 Å². The van der Waals surface area contributed by atoms with E-state index in [2.05, 4.69) is 73.7 Å². The van der Waals surface area contributed by atoms with Gasteiger partial charge in [-0.15, -0.1) is 0 Å². The number of allylic oxidation sites excluding steroid dienone is 1. The maximum absolute atomic E-state index is 2.50. The van der Waals surface area contributed by atoms with Crippen molar-refractivity contribution in [2.24, 2.45) is 0 Å². The van der Waals surface area contributed by atoms with Crippen LogP contribution in [-0.4, -0.2) is 0 Å². The van der Waals surface area contributed by atoms with Crippen molar-refractivity contribution in [2.75, 3.05) is 0 Å². The van der Waals surface area contributed by atoms with E-state index in [1.807, 2.05) is 0 Å². The van der Waals surface area contributed by atoms with Gasteiger partial charge in [0.15, 0.2) is 0 Å². The van der Waals surface area contributed by atoms with E-state index in [9.17, 15) is 0 Å². The molecule has 0 bridgehead atoms. The highest BCUT2D eigenvalue weighted by atomic mass is 14.3. The molecule has 0 fully saturated rings. The summed E-state index contributed by atoms with van der Waals surface area (Å²) in [6.07, 6.45) is 8.67. The lowest BCUT2D eigenvalue weighted by Gasteiger charge is -2.25. The minimum Gasteiger partial charge on any atom is -0.0683 e. The zero-order valence-electron chi connectivity index (χ0n) is 16.4. The van der Waals surface area contributed by atoms with Crippen LogP contribution in [0.3, 0.4) is 0 Å². The van der Waals surface area contributed by atoms with Crippen LogP contribution in [0, 0.1) is 0 Å².